The topological polar surface area (TPSA) is 77.4 Å². The second-order valence-electron chi connectivity index (χ2n) is 6.30. The maximum atomic E-state index is 11.1. The molecule has 0 heterocycles. The number of rotatable bonds is 16. The molecule has 4 nitrogen and oxygen atoms in total. The minimum atomic E-state index is -4.21. The van der Waals surface area contributed by atoms with Crippen LogP contribution in [0.5, 0.6) is 0 Å². The number of aliphatic hydroxyl groups excluding tert-OH is 1. The first kappa shape index (κ1) is 26.1. The second-order valence-corrected chi connectivity index (χ2v) is 7.96. The fourth-order valence-corrected chi connectivity index (χ4v) is 3.70. The number of hydrogen-bond donors (Lipinski definition) is 1. The minimum absolute atomic E-state index is 0. The Morgan fingerprint density at radius 3 is 1.57 bits per heavy atom. The molecule has 1 atom stereocenters. The Morgan fingerprint density at radius 1 is 0.783 bits per heavy atom. The van der Waals surface area contributed by atoms with Gasteiger partial charge in [-0.2, -0.15) is 0 Å². The molecule has 1 N–H and O–H groups in total. The van der Waals surface area contributed by atoms with E-state index >= 15 is 0 Å². The average Bonchev–Trinajstić information content (AvgIpc) is 2.46. The van der Waals surface area contributed by atoms with E-state index in [1.54, 1.807) is 0 Å². The summed E-state index contributed by atoms with van der Waals surface area (Å²) in [5.74, 6) is 0. The van der Waals surface area contributed by atoms with Crippen LogP contribution in [-0.4, -0.2) is 29.9 Å². The molecule has 0 saturated heterocycles. The summed E-state index contributed by atoms with van der Waals surface area (Å²) in [6, 6.07) is 0. The number of unbranched alkanes of at least 4 members (excludes halogenated alkanes) is 10. The maximum Gasteiger partial charge on any atom is 1.00 e. The van der Waals surface area contributed by atoms with Crippen LogP contribution in [0.1, 0.15) is 96.8 Å². The van der Waals surface area contributed by atoms with Crippen molar-refractivity contribution in [2.75, 3.05) is 6.61 Å². The second kappa shape index (κ2) is 17.7. The smallest absolute Gasteiger partial charge is 0.748 e. The van der Waals surface area contributed by atoms with Gasteiger partial charge in [-0.25, -0.2) is 8.42 Å². The van der Waals surface area contributed by atoms with Gasteiger partial charge in [0.15, 0.2) is 0 Å². The van der Waals surface area contributed by atoms with Crippen LogP contribution in [-0.2, 0) is 10.1 Å². The van der Waals surface area contributed by atoms with E-state index < -0.39 is 15.4 Å². The zero-order chi connectivity index (χ0) is 16.7. The zero-order valence-corrected chi connectivity index (χ0v) is 18.1. The molecule has 0 aliphatic carbocycles. The number of hydrogen-bond acceptors (Lipinski definition) is 4. The quantitative estimate of drug-likeness (QED) is 0.257. The Hall–Kier alpha value is 0.870. The third-order valence-corrected chi connectivity index (χ3v) is 5.51. The van der Waals surface area contributed by atoms with E-state index in [9.17, 15) is 13.0 Å². The molecular weight excluding hydrogens is 323 g/mol. The van der Waals surface area contributed by atoms with Crippen molar-refractivity contribution in [2.45, 2.75) is 102 Å². The molecule has 0 radical (unpaired) electrons. The van der Waals surface area contributed by atoms with Crippen LogP contribution in [0.2, 0.25) is 0 Å². The Labute approximate surface area is 165 Å². The van der Waals surface area contributed by atoms with Gasteiger partial charge < -0.3 is 9.66 Å². The molecule has 0 amide bonds. The molecule has 0 saturated carbocycles. The molecule has 0 fully saturated rings. The first-order valence-corrected chi connectivity index (χ1v) is 10.5. The summed E-state index contributed by atoms with van der Waals surface area (Å²) in [5.41, 5.74) is 0. The normalized spacial score (nSPS) is 12.8. The zero-order valence-electron chi connectivity index (χ0n) is 15.3. The van der Waals surface area contributed by atoms with E-state index in [0.29, 0.717) is 19.3 Å². The SMILES string of the molecule is CCCCCCCCCCCCCC(CCCO)S(=O)(=O)[O-].[Na+]. The van der Waals surface area contributed by atoms with Crippen LogP contribution in [0.4, 0.5) is 0 Å². The van der Waals surface area contributed by atoms with Gasteiger partial charge in [0.2, 0.25) is 0 Å². The van der Waals surface area contributed by atoms with E-state index in [1.807, 2.05) is 0 Å². The Balaban J connectivity index is 0. The standard InChI is InChI=1S/C17H36O4S.Na/c1-2-3-4-5-6-7-8-9-10-11-12-14-17(15-13-16-18)22(19,20)21;/h17-18H,2-16H2,1H3,(H,19,20,21);/q;+1/p-1. The van der Waals surface area contributed by atoms with Gasteiger partial charge >= 0.3 is 29.6 Å². The van der Waals surface area contributed by atoms with Crippen molar-refractivity contribution < 1.29 is 47.6 Å². The van der Waals surface area contributed by atoms with E-state index in [2.05, 4.69) is 6.92 Å². The van der Waals surface area contributed by atoms with E-state index in [0.717, 1.165) is 19.3 Å². The monoisotopic (exact) mass is 358 g/mol. The Morgan fingerprint density at radius 2 is 1.17 bits per heavy atom. The molecule has 0 aliphatic heterocycles. The van der Waals surface area contributed by atoms with Crippen LogP contribution in [0.15, 0.2) is 0 Å². The third kappa shape index (κ3) is 17.5. The molecule has 6 heteroatoms. The van der Waals surface area contributed by atoms with Crippen LogP contribution >= 0.6 is 0 Å². The molecule has 0 aromatic carbocycles. The molecule has 0 aromatic heterocycles. The summed E-state index contributed by atoms with van der Waals surface area (Å²) in [7, 11) is -4.21. The molecule has 0 rings (SSSR count). The molecule has 0 aliphatic rings. The van der Waals surface area contributed by atoms with Crippen molar-refractivity contribution in [1.82, 2.24) is 0 Å². The van der Waals surface area contributed by atoms with Crippen molar-refractivity contribution in [3.8, 4) is 0 Å². The predicted molar refractivity (Wildman–Crippen MR) is 90.9 cm³/mol. The number of aliphatic hydroxyl groups is 1. The molecule has 1 unspecified atom stereocenters. The average molecular weight is 359 g/mol. The Bertz CT molecular complexity index is 333. The maximum absolute atomic E-state index is 11.1. The van der Waals surface area contributed by atoms with Gasteiger partial charge in [-0.1, -0.05) is 77.6 Å². The Kier molecular flexibility index (Phi) is 20.1. The summed E-state index contributed by atoms with van der Waals surface area (Å²) < 4.78 is 33.3. The first-order valence-electron chi connectivity index (χ1n) is 9.08. The minimum Gasteiger partial charge on any atom is -0.748 e. The molecular formula is C17H35NaO4S. The van der Waals surface area contributed by atoms with Crippen LogP contribution < -0.4 is 29.6 Å². The molecule has 0 aromatic rings. The van der Waals surface area contributed by atoms with Crippen LogP contribution in [0.3, 0.4) is 0 Å². The van der Waals surface area contributed by atoms with Crippen molar-refractivity contribution >= 4 is 10.1 Å². The molecule has 23 heavy (non-hydrogen) atoms. The third-order valence-electron chi connectivity index (χ3n) is 4.22. The van der Waals surface area contributed by atoms with Crippen LogP contribution in [0.25, 0.3) is 0 Å². The first-order chi connectivity index (χ1) is 10.5. The van der Waals surface area contributed by atoms with Gasteiger partial charge in [0.1, 0.15) is 0 Å². The van der Waals surface area contributed by atoms with Gasteiger partial charge in [-0.3, -0.25) is 0 Å². The van der Waals surface area contributed by atoms with Gasteiger partial charge in [-0.05, 0) is 19.3 Å². The summed E-state index contributed by atoms with van der Waals surface area (Å²) in [6.07, 6.45) is 14.5. The van der Waals surface area contributed by atoms with Crippen molar-refractivity contribution in [1.29, 1.82) is 0 Å². The molecule has 134 valence electrons. The van der Waals surface area contributed by atoms with E-state index in [-0.39, 0.29) is 36.2 Å². The van der Waals surface area contributed by atoms with E-state index in [4.69, 9.17) is 5.11 Å². The fourth-order valence-electron chi connectivity index (χ4n) is 2.79. The molecule has 0 spiro atoms. The predicted octanol–water partition coefficient (Wildman–Crippen LogP) is 1.38. The van der Waals surface area contributed by atoms with Gasteiger partial charge in [0.25, 0.3) is 0 Å². The summed E-state index contributed by atoms with van der Waals surface area (Å²) in [6.45, 7) is 2.18. The van der Waals surface area contributed by atoms with Gasteiger partial charge in [0.05, 0.1) is 10.1 Å². The van der Waals surface area contributed by atoms with E-state index in [1.165, 1.54) is 51.4 Å². The summed E-state index contributed by atoms with van der Waals surface area (Å²) >= 11 is 0. The summed E-state index contributed by atoms with van der Waals surface area (Å²) in [5, 5.41) is 7.94. The van der Waals surface area contributed by atoms with Crippen molar-refractivity contribution in [3.63, 3.8) is 0 Å². The van der Waals surface area contributed by atoms with Gasteiger partial charge in [0, 0.05) is 11.9 Å². The van der Waals surface area contributed by atoms with Crippen molar-refractivity contribution in [2.24, 2.45) is 0 Å². The fraction of sp³-hybridized carbons (Fsp3) is 1.00. The van der Waals surface area contributed by atoms with Crippen molar-refractivity contribution in [3.05, 3.63) is 0 Å². The summed E-state index contributed by atoms with van der Waals surface area (Å²) in [4.78, 5) is 0. The molecule has 0 bridgehead atoms. The largest absolute Gasteiger partial charge is 1.00 e. The van der Waals surface area contributed by atoms with Crippen LogP contribution in [0, 0.1) is 0 Å². The van der Waals surface area contributed by atoms with Gasteiger partial charge in [-0.15, -0.1) is 0 Å².